The number of hydrogen-bond donors (Lipinski definition) is 2. The van der Waals surface area contributed by atoms with E-state index >= 15 is 0 Å². The third-order valence-corrected chi connectivity index (χ3v) is 4.73. The lowest BCUT2D eigenvalue weighted by Gasteiger charge is -2.12. The molecular weight excluding hydrogens is 304 g/mol. The summed E-state index contributed by atoms with van der Waals surface area (Å²) in [6, 6.07) is 11.5. The van der Waals surface area contributed by atoms with Gasteiger partial charge in [-0.1, -0.05) is 23.8 Å². The molecule has 1 aromatic carbocycles. The summed E-state index contributed by atoms with van der Waals surface area (Å²) >= 11 is 2.78. The van der Waals surface area contributed by atoms with Crippen molar-refractivity contribution in [3.05, 3.63) is 52.2 Å². The van der Waals surface area contributed by atoms with E-state index in [4.69, 9.17) is 0 Å². The molecule has 110 valence electrons. The van der Waals surface area contributed by atoms with Gasteiger partial charge in [-0.05, 0) is 37.4 Å². The molecule has 2 aromatic rings. The molecule has 21 heavy (non-hydrogen) atoms. The molecule has 0 aliphatic heterocycles. The molecule has 1 atom stereocenters. The van der Waals surface area contributed by atoms with E-state index in [-0.39, 0.29) is 17.1 Å². The zero-order valence-corrected chi connectivity index (χ0v) is 13.4. The fourth-order valence-electron chi connectivity index (χ4n) is 1.56. The van der Waals surface area contributed by atoms with Crippen LogP contribution in [0.1, 0.15) is 22.2 Å². The molecular formula is C15H16N2O2S2. The lowest BCUT2D eigenvalue weighted by Crippen LogP contribution is -2.44. The first kappa shape index (κ1) is 15.6. The maximum Gasteiger partial charge on any atom is 0.279 e. The van der Waals surface area contributed by atoms with Crippen molar-refractivity contribution >= 4 is 34.9 Å². The number of thioether (sulfide) groups is 1. The summed E-state index contributed by atoms with van der Waals surface area (Å²) < 4.78 is 0. The average Bonchev–Trinajstić information content (AvgIpc) is 3.01. The number of carbonyl (C=O) groups is 2. The molecule has 6 heteroatoms. The number of benzene rings is 1. The smallest absolute Gasteiger partial charge is 0.272 e. The lowest BCUT2D eigenvalue weighted by molar-refractivity contribution is -0.121. The van der Waals surface area contributed by atoms with Crippen LogP contribution in [0.15, 0.2) is 46.7 Å². The van der Waals surface area contributed by atoms with E-state index in [1.54, 1.807) is 19.1 Å². The summed E-state index contributed by atoms with van der Waals surface area (Å²) in [5.74, 6) is -0.531. The van der Waals surface area contributed by atoms with E-state index in [2.05, 4.69) is 10.9 Å². The van der Waals surface area contributed by atoms with Gasteiger partial charge in [0.1, 0.15) is 0 Å². The van der Waals surface area contributed by atoms with Gasteiger partial charge in [0.05, 0.1) is 10.1 Å². The Labute approximate surface area is 131 Å². The van der Waals surface area contributed by atoms with Crippen LogP contribution < -0.4 is 10.9 Å². The van der Waals surface area contributed by atoms with Crippen LogP contribution in [0.3, 0.4) is 0 Å². The van der Waals surface area contributed by atoms with Gasteiger partial charge >= 0.3 is 0 Å². The lowest BCUT2D eigenvalue weighted by atomic mass is 10.2. The van der Waals surface area contributed by atoms with Crippen molar-refractivity contribution in [2.45, 2.75) is 24.0 Å². The topological polar surface area (TPSA) is 58.2 Å². The third kappa shape index (κ3) is 4.61. The van der Waals surface area contributed by atoms with Gasteiger partial charge in [-0.2, -0.15) is 0 Å². The van der Waals surface area contributed by atoms with Crippen LogP contribution >= 0.6 is 23.1 Å². The van der Waals surface area contributed by atoms with Crippen LogP contribution in [0, 0.1) is 6.92 Å². The minimum atomic E-state index is -0.300. The van der Waals surface area contributed by atoms with Crippen molar-refractivity contribution < 1.29 is 9.59 Å². The van der Waals surface area contributed by atoms with Crippen LogP contribution in [0.4, 0.5) is 0 Å². The van der Waals surface area contributed by atoms with Crippen molar-refractivity contribution in [1.82, 2.24) is 10.9 Å². The standard InChI is InChI=1S/C15H16N2O2S2/c1-10-5-7-12(8-6-10)21-11(2)14(18)16-17-15(19)13-4-3-9-20-13/h3-9,11H,1-2H3,(H,16,18)(H,17,19)/t11-/m1/s1. The Morgan fingerprint density at radius 1 is 1.14 bits per heavy atom. The number of thiophene rings is 1. The van der Waals surface area contributed by atoms with Crippen LogP contribution in [0.25, 0.3) is 0 Å². The summed E-state index contributed by atoms with van der Waals surface area (Å²) in [5, 5.41) is 1.52. The molecule has 0 saturated heterocycles. The number of hydrogen-bond acceptors (Lipinski definition) is 4. The predicted molar refractivity (Wildman–Crippen MR) is 86.4 cm³/mol. The molecule has 2 amide bonds. The maximum atomic E-state index is 11.9. The number of nitrogens with one attached hydrogen (secondary N) is 2. The monoisotopic (exact) mass is 320 g/mol. The highest BCUT2D eigenvalue weighted by Crippen LogP contribution is 2.23. The van der Waals surface area contributed by atoms with Crippen molar-refractivity contribution in [3.8, 4) is 0 Å². The van der Waals surface area contributed by atoms with Crippen LogP contribution in [-0.2, 0) is 4.79 Å². The first-order chi connectivity index (χ1) is 10.1. The summed E-state index contributed by atoms with van der Waals surface area (Å²) in [7, 11) is 0. The van der Waals surface area contributed by atoms with Crippen molar-refractivity contribution in [2.75, 3.05) is 0 Å². The molecule has 0 unspecified atom stereocenters. The number of rotatable bonds is 4. The van der Waals surface area contributed by atoms with Crippen LogP contribution in [0.2, 0.25) is 0 Å². The second kappa shape index (κ2) is 7.28. The van der Waals surface area contributed by atoms with E-state index in [0.717, 1.165) is 4.90 Å². The number of carbonyl (C=O) groups excluding carboxylic acids is 2. The molecule has 2 N–H and O–H groups in total. The Morgan fingerprint density at radius 2 is 1.86 bits per heavy atom. The fraction of sp³-hybridized carbons (Fsp3) is 0.200. The zero-order chi connectivity index (χ0) is 15.2. The van der Waals surface area contributed by atoms with Gasteiger partial charge in [-0.3, -0.25) is 20.4 Å². The second-order valence-electron chi connectivity index (χ2n) is 4.49. The molecule has 0 aliphatic carbocycles. The van der Waals surface area contributed by atoms with Gasteiger partial charge in [0.25, 0.3) is 11.8 Å². The SMILES string of the molecule is Cc1ccc(S[C@H](C)C(=O)NNC(=O)c2cccs2)cc1. The van der Waals surface area contributed by atoms with E-state index < -0.39 is 0 Å². The van der Waals surface area contributed by atoms with E-state index in [9.17, 15) is 9.59 Å². The number of hydrazine groups is 1. The highest BCUT2D eigenvalue weighted by Gasteiger charge is 2.15. The number of amides is 2. The first-order valence-corrected chi connectivity index (χ1v) is 8.19. The summed E-state index contributed by atoms with van der Waals surface area (Å²) in [6.07, 6.45) is 0. The van der Waals surface area contributed by atoms with Crippen molar-refractivity contribution in [3.63, 3.8) is 0 Å². The summed E-state index contributed by atoms with van der Waals surface area (Å²) in [6.45, 7) is 3.82. The maximum absolute atomic E-state index is 11.9. The largest absolute Gasteiger partial charge is 0.279 e. The van der Waals surface area contributed by atoms with E-state index in [0.29, 0.717) is 4.88 Å². The molecule has 0 spiro atoms. The second-order valence-corrected chi connectivity index (χ2v) is 6.86. The van der Waals surface area contributed by atoms with Crippen LogP contribution in [0.5, 0.6) is 0 Å². The van der Waals surface area contributed by atoms with Crippen LogP contribution in [-0.4, -0.2) is 17.1 Å². The predicted octanol–water partition coefficient (Wildman–Crippen LogP) is 3.00. The Hall–Kier alpha value is -1.79. The van der Waals surface area contributed by atoms with E-state index in [1.165, 1.54) is 28.7 Å². The van der Waals surface area contributed by atoms with Gasteiger partial charge in [0.15, 0.2) is 0 Å². The molecule has 1 aromatic heterocycles. The summed E-state index contributed by atoms with van der Waals surface area (Å²) in [4.78, 5) is 25.2. The normalized spacial score (nSPS) is 11.7. The first-order valence-electron chi connectivity index (χ1n) is 6.43. The highest BCUT2D eigenvalue weighted by atomic mass is 32.2. The minimum Gasteiger partial charge on any atom is -0.272 e. The van der Waals surface area contributed by atoms with Gasteiger partial charge < -0.3 is 0 Å². The minimum absolute atomic E-state index is 0.231. The Balaban J connectivity index is 1.82. The molecule has 0 bridgehead atoms. The molecule has 1 heterocycles. The third-order valence-electron chi connectivity index (χ3n) is 2.75. The Bertz CT molecular complexity index is 609. The van der Waals surface area contributed by atoms with E-state index in [1.807, 2.05) is 36.6 Å². The fourth-order valence-corrected chi connectivity index (χ4v) is 3.05. The van der Waals surface area contributed by atoms with Gasteiger partial charge in [-0.15, -0.1) is 23.1 Å². The molecule has 0 radical (unpaired) electrons. The van der Waals surface area contributed by atoms with Gasteiger partial charge in [0, 0.05) is 4.90 Å². The average molecular weight is 320 g/mol. The molecule has 2 rings (SSSR count). The molecule has 4 nitrogen and oxygen atoms in total. The number of aryl methyl sites for hydroxylation is 1. The zero-order valence-electron chi connectivity index (χ0n) is 11.8. The van der Waals surface area contributed by atoms with Gasteiger partial charge in [-0.25, -0.2) is 0 Å². The summed E-state index contributed by atoms with van der Waals surface area (Å²) in [5.41, 5.74) is 6.05. The molecule has 0 aliphatic rings. The Kier molecular flexibility index (Phi) is 5.41. The quantitative estimate of drug-likeness (QED) is 0.672. The van der Waals surface area contributed by atoms with Crippen molar-refractivity contribution in [2.24, 2.45) is 0 Å². The van der Waals surface area contributed by atoms with Gasteiger partial charge in [0.2, 0.25) is 0 Å². The highest BCUT2D eigenvalue weighted by molar-refractivity contribution is 8.00. The van der Waals surface area contributed by atoms with Crippen molar-refractivity contribution in [1.29, 1.82) is 0 Å². The molecule has 0 fully saturated rings. The molecule has 0 saturated carbocycles. The Morgan fingerprint density at radius 3 is 2.48 bits per heavy atom.